The van der Waals surface area contributed by atoms with Crippen LogP contribution in [0.3, 0.4) is 0 Å². The second kappa shape index (κ2) is 6.63. The number of ketones is 1. The van der Waals surface area contributed by atoms with Gasteiger partial charge in [0.15, 0.2) is 23.0 Å². The highest BCUT2D eigenvalue weighted by Gasteiger charge is 2.32. The molecule has 0 unspecified atom stereocenters. The molecule has 0 saturated carbocycles. The average Bonchev–Trinajstić information content (AvgIpc) is 3.18. The van der Waals surface area contributed by atoms with Gasteiger partial charge in [-0.1, -0.05) is 47.6 Å². The number of rotatable bonds is 4. The van der Waals surface area contributed by atoms with Crippen LogP contribution in [0.4, 0.5) is 0 Å². The lowest BCUT2D eigenvalue weighted by Crippen LogP contribution is -2.10. The molecule has 0 N–H and O–H groups in total. The average molecular weight is 383 g/mol. The SMILES string of the molecule is CC=Cc1ccc(Oc2ccc3noc4c3c2C(=O)c2ccccc2-4)c(OC)c1. The molecule has 0 bridgehead atoms. The van der Waals surface area contributed by atoms with Gasteiger partial charge in [0.25, 0.3) is 0 Å². The Kier molecular flexibility index (Phi) is 3.95. The number of ether oxygens (including phenoxy) is 2. The monoisotopic (exact) mass is 383 g/mol. The van der Waals surface area contributed by atoms with Crippen molar-refractivity contribution in [2.24, 2.45) is 0 Å². The highest BCUT2D eigenvalue weighted by atomic mass is 16.5. The van der Waals surface area contributed by atoms with E-state index < -0.39 is 0 Å². The van der Waals surface area contributed by atoms with Crippen molar-refractivity contribution in [2.45, 2.75) is 6.92 Å². The summed E-state index contributed by atoms with van der Waals surface area (Å²) in [6, 6.07) is 16.6. The maximum absolute atomic E-state index is 13.3. The van der Waals surface area contributed by atoms with Crippen molar-refractivity contribution < 1.29 is 18.8 Å². The Balaban J connectivity index is 1.68. The molecule has 5 nitrogen and oxygen atoms in total. The number of benzene rings is 3. The highest BCUT2D eigenvalue weighted by molar-refractivity contribution is 6.26. The van der Waals surface area contributed by atoms with Crippen molar-refractivity contribution in [2.75, 3.05) is 7.11 Å². The summed E-state index contributed by atoms with van der Waals surface area (Å²) in [7, 11) is 1.59. The van der Waals surface area contributed by atoms with Gasteiger partial charge in [0, 0.05) is 11.1 Å². The molecule has 5 heteroatoms. The first-order valence-corrected chi connectivity index (χ1v) is 9.26. The van der Waals surface area contributed by atoms with Crippen molar-refractivity contribution in [1.29, 1.82) is 0 Å². The summed E-state index contributed by atoms with van der Waals surface area (Å²) < 4.78 is 17.2. The Hall–Kier alpha value is -3.86. The molecule has 1 aliphatic rings. The summed E-state index contributed by atoms with van der Waals surface area (Å²) in [6.45, 7) is 1.96. The molecular formula is C24H17NO4. The second-order valence-corrected chi connectivity index (χ2v) is 6.73. The molecule has 5 rings (SSSR count). The topological polar surface area (TPSA) is 61.6 Å². The molecule has 3 aromatic carbocycles. The third-order valence-corrected chi connectivity index (χ3v) is 5.02. The third-order valence-electron chi connectivity index (χ3n) is 5.02. The lowest BCUT2D eigenvalue weighted by Gasteiger charge is -2.18. The van der Waals surface area contributed by atoms with Crippen molar-refractivity contribution in [1.82, 2.24) is 5.16 Å². The molecule has 0 amide bonds. The molecule has 29 heavy (non-hydrogen) atoms. The number of aromatic nitrogens is 1. The van der Waals surface area contributed by atoms with E-state index in [0.717, 1.165) is 11.1 Å². The van der Waals surface area contributed by atoms with E-state index in [2.05, 4.69) is 5.16 Å². The molecule has 1 aromatic heterocycles. The minimum Gasteiger partial charge on any atom is -0.493 e. The van der Waals surface area contributed by atoms with Gasteiger partial charge in [-0.05, 0) is 36.8 Å². The molecule has 0 spiro atoms. The molecule has 1 heterocycles. The van der Waals surface area contributed by atoms with E-state index >= 15 is 0 Å². The van der Waals surface area contributed by atoms with Gasteiger partial charge in [-0.3, -0.25) is 4.79 Å². The fourth-order valence-electron chi connectivity index (χ4n) is 3.71. The molecular weight excluding hydrogens is 366 g/mol. The van der Waals surface area contributed by atoms with Crippen molar-refractivity contribution in [3.63, 3.8) is 0 Å². The van der Waals surface area contributed by atoms with Gasteiger partial charge in [0.05, 0.1) is 18.1 Å². The molecule has 0 aliphatic heterocycles. The van der Waals surface area contributed by atoms with E-state index in [9.17, 15) is 4.79 Å². The maximum atomic E-state index is 13.3. The largest absolute Gasteiger partial charge is 0.493 e. The normalized spacial score (nSPS) is 12.4. The predicted molar refractivity (Wildman–Crippen MR) is 111 cm³/mol. The summed E-state index contributed by atoms with van der Waals surface area (Å²) in [5.74, 6) is 2.04. The molecule has 0 fully saturated rings. The first-order valence-electron chi connectivity index (χ1n) is 9.26. The molecule has 0 atom stereocenters. The summed E-state index contributed by atoms with van der Waals surface area (Å²) in [5, 5.41) is 4.80. The lowest BCUT2D eigenvalue weighted by atomic mass is 9.87. The van der Waals surface area contributed by atoms with E-state index in [4.69, 9.17) is 14.0 Å². The molecule has 0 radical (unpaired) electrons. The van der Waals surface area contributed by atoms with Gasteiger partial charge < -0.3 is 14.0 Å². The van der Waals surface area contributed by atoms with Gasteiger partial charge in [-0.25, -0.2) is 0 Å². The number of nitrogens with zero attached hydrogens (tertiary/aromatic N) is 1. The van der Waals surface area contributed by atoms with Crippen LogP contribution in [-0.4, -0.2) is 18.0 Å². The summed E-state index contributed by atoms with van der Waals surface area (Å²) in [6.07, 6.45) is 3.93. The van der Waals surface area contributed by atoms with E-state index in [0.29, 0.717) is 45.0 Å². The standard InChI is InChI=1S/C24H17NO4/c1-3-6-14-9-11-18(20(13-14)27-2)28-19-12-10-17-21-22(19)23(26)15-7-4-5-8-16(15)24(21)29-25-17/h3-13H,1-2H3. The number of methoxy groups -OCH3 is 1. The third kappa shape index (κ3) is 2.63. The fourth-order valence-corrected chi connectivity index (χ4v) is 3.71. The Labute approximate surface area is 167 Å². The van der Waals surface area contributed by atoms with Crippen molar-refractivity contribution in [3.8, 4) is 28.6 Å². The van der Waals surface area contributed by atoms with Gasteiger partial charge >= 0.3 is 0 Å². The fraction of sp³-hybridized carbons (Fsp3) is 0.0833. The Bertz CT molecular complexity index is 1300. The zero-order valence-electron chi connectivity index (χ0n) is 15.9. The van der Waals surface area contributed by atoms with Gasteiger partial charge in [0.1, 0.15) is 11.3 Å². The first kappa shape index (κ1) is 17.3. The molecule has 1 aliphatic carbocycles. The van der Waals surface area contributed by atoms with E-state index in [1.165, 1.54) is 0 Å². The molecule has 142 valence electrons. The van der Waals surface area contributed by atoms with Crippen molar-refractivity contribution in [3.05, 3.63) is 77.4 Å². The van der Waals surface area contributed by atoms with Crippen LogP contribution in [0.2, 0.25) is 0 Å². The van der Waals surface area contributed by atoms with Crippen molar-refractivity contribution >= 4 is 22.8 Å². The van der Waals surface area contributed by atoms with Crippen LogP contribution in [0, 0.1) is 0 Å². The number of hydrogen-bond acceptors (Lipinski definition) is 5. The van der Waals surface area contributed by atoms with E-state index in [-0.39, 0.29) is 5.78 Å². The first-order chi connectivity index (χ1) is 14.2. The quantitative estimate of drug-likeness (QED) is 0.388. The Morgan fingerprint density at radius 2 is 1.76 bits per heavy atom. The predicted octanol–water partition coefficient (Wildman–Crippen LogP) is 5.87. The minimum absolute atomic E-state index is 0.110. The number of carbonyl (C=O) groups excluding carboxylic acids is 1. The van der Waals surface area contributed by atoms with Gasteiger partial charge in [-0.2, -0.15) is 0 Å². The highest BCUT2D eigenvalue weighted by Crippen LogP contribution is 2.44. The Morgan fingerprint density at radius 3 is 2.55 bits per heavy atom. The Morgan fingerprint density at radius 1 is 0.966 bits per heavy atom. The number of hydrogen-bond donors (Lipinski definition) is 0. The second-order valence-electron chi connectivity index (χ2n) is 6.73. The summed E-state index contributed by atoms with van der Waals surface area (Å²) >= 11 is 0. The van der Waals surface area contributed by atoms with Gasteiger partial charge in [0.2, 0.25) is 0 Å². The van der Waals surface area contributed by atoms with Gasteiger partial charge in [-0.15, -0.1) is 0 Å². The van der Waals surface area contributed by atoms with E-state index in [1.54, 1.807) is 25.3 Å². The number of allylic oxidation sites excluding steroid dienone is 1. The smallest absolute Gasteiger partial charge is 0.198 e. The molecule has 4 aromatic rings. The maximum Gasteiger partial charge on any atom is 0.198 e. The van der Waals surface area contributed by atoms with E-state index in [1.807, 2.05) is 55.5 Å². The summed E-state index contributed by atoms with van der Waals surface area (Å²) in [4.78, 5) is 13.3. The number of carbonyl (C=O) groups is 1. The minimum atomic E-state index is -0.110. The molecule has 0 saturated heterocycles. The number of fused-ring (bicyclic) bond motifs is 2. The van der Waals surface area contributed by atoms with Crippen LogP contribution in [0.5, 0.6) is 17.2 Å². The zero-order valence-corrected chi connectivity index (χ0v) is 15.9. The lowest BCUT2D eigenvalue weighted by molar-refractivity contribution is 0.103. The van der Waals surface area contributed by atoms with Crippen LogP contribution >= 0.6 is 0 Å². The van der Waals surface area contributed by atoms with Crippen LogP contribution in [-0.2, 0) is 0 Å². The van der Waals surface area contributed by atoms with Crippen LogP contribution in [0.25, 0.3) is 28.3 Å². The van der Waals surface area contributed by atoms with Crippen LogP contribution < -0.4 is 9.47 Å². The van der Waals surface area contributed by atoms with Crippen LogP contribution in [0.1, 0.15) is 28.4 Å². The summed E-state index contributed by atoms with van der Waals surface area (Å²) in [5.41, 5.74) is 3.40. The zero-order chi connectivity index (χ0) is 20.0. The van der Waals surface area contributed by atoms with Crippen LogP contribution in [0.15, 0.2) is 65.2 Å².